The van der Waals surface area contributed by atoms with Crippen LogP contribution in [0.15, 0.2) is 12.1 Å². The molecule has 2 unspecified atom stereocenters. The predicted molar refractivity (Wildman–Crippen MR) is 67.0 cm³/mol. The molecular formula is C11H12F2N2O2S. The third-order valence-electron chi connectivity index (χ3n) is 2.94. The summed E-state index contributed by atoms with van der Waals surface area (Å²) in [5.74, 6) is -0.945. The Morgan fingerprint density at radius 3 is 2.78 bits per heavy atom. The fourth-order valence-electron chi connectivity index (χ4n) is 1.95. The maximum Gasteiger partial charge on any atom is 0.298 e. The molecular weight excluding hydrogens is 262 g/mol. The first-order chi connectivity index (χ1) is 8.49. The molecule has 1 aliphatic rings. The SMILES string of the molecule is CC1SCCC1Nc1c(F)cc(F)cc1[N+](=O)[O-]. The van der Waals surface area contributed by atoms with Crippen molar-refractivity contribution in [3.8, 4) is 0 Å². The highest BCUT2D eigenvalue weighted by Crippen LogP contribution is 2.34. The fraction of sp³-hybridized carbons (Fsp3) is 0.455. The van der Waals surface area contributed by atoms with Gasteiger partial charge in [0.2, 0.25) is 0 Å². The first-order valence-corrected chi connectivity index (χ1v) is 6.55. The van der Waals surface area contributed by atoms with Crippen LogP contribution in [0.4, 0.5) is 20.2 Å². The molecule has 2 atom stereocenters. The fourth-order valence-corrected chi connectivity index (χ4v) is 3.15. The summed E-state index contributed by atoms with van der Waals surface area (Å²) < 4.78 is 26.6. The molecule has 1 fully saturated rings. The highest BCUT2D eigenvalue weighted by Gasteiger charge is 2.28. The lowest BCUT2D eigenvalue weighted by Gasteiger charge is -2.18. The Bertz CT molecular complexity index is 484. The molecule has 0 spiro atoms. The van der Waals surface area contributed by atoms with Crippen LogP contribution in [-0.2, 0) is 0 Å². The molecule has 18 heavy (non-hydrogen) atoms. The van der Waals surface area contributed by atoms with Crippen molar-refractivity contribution in [1.29, 1.82) is 0 Å². The van der Waals surface area contributed by atoms with Gasteiger partial charge < -0.3 is 5.32 Å². The smallest absolute Gasteiger partial charge is 0.298 e. The van der Waals surface area contributed by atoms with Crippen molar-refractivity contribution in [2.75, 3.05) is 11.1 Å². The zero-order valence-corrected chi connectivity index (χ0v) is 10.5. The van der Waals surface area contributed by atoms with E-state index < -0.39 is 22.2 Å². The van der Waals surface area contributed by atoms with Crippen LogP contribution >= 0.6 is 11.8 Å². The molecule has 1 N–H and O–H groups in total. The summed E-state index contributed by atoms with van der Waals surface area (Å²) in [7, 11) is 0. The molecule has 1 heterocycles. The lowest BCUT2D eigenvalue weighted by atomic mass is 10.1. The van der Waals surface area contributed by atoms with E-state index in [1.165, 1.54) is 0 Å². The standard InChI is InChI=1S/C11H12F2N2O2S/c1-6-9(2-3-18-6)14-11-8(13)4-7(12)5-10(11)15(16)17/h4-6,9,14H,2-3H2,1H3. The minimum absolute atomic E-state index is 0.0336. The highest BCUT2D eigenvalue weighted by atomic mass is 32.2. The molecule has 98 valence electrons. The summed E-state index contributed by atoms with van der Waals surface area (Å²) in [6, 6.07) is 1.36. The Kier molecular flexibility index (Phi) is 3.70. The highest BCUT2D eigenvalue weighted by molar-refractivity contribution is 8.00. The lowest BCUT2D eigenvalue weighted by Crippen LogP contribution is -2.25. The number of anilines is 1. The predicted octanol–water partition coefficient (Wildman–Crippen LogP) is 3.18. The van der Waals surface area contributed by atoms with Crippen molar-refractivity contribution in [3.63, 3.8) is 0 Å². The number of nitrogens with one attached hydrogen (secondary N) is 1. The molecule has 0 aliphatic carbocycles. The lowest BCUT2D eigenvalue weighted by molar-refractivity contribution is -0.384. The van der Waals surface area contributed by atoms with E-state index in [0.29, 0.717) is 6.07 Å². The summed E-state index contributed by atoms with van der Waals surface area (Å²) in [6.07, 6.45) is 0.805. The number of nitrogens with zero attached hydrogens (tertiary/aromatic N) is 1. The summed E-state index contributed by atoms with van der Waals surface area (Å²) in [6.45, 7) is 1.97. The zero-order chi connectivity index (χ0) is 13.3. The van der Waals surface area contributed by atoms with E-state index >= 15 is 0 Å². The van der Waals surface area contributed by atoms with Gasteiger partial charge >= 0.3 is 0 Å². The monoisotopic (exact) mass is 274 g/mol. The quantitative estimate of drug-likeness (QED) is 0.679. The largest absolute Gasteiger partial charge is 0.373 e. The topological polar surface area (TPSA) is 55.2 Å². The number of benzene rings is 1. The number of hydrogen-bond acceptors (Lipinski definition) is 4. The second-order valence-electron chi connectivity index (χ2n) is 4.15. The molecule has 4 nitrogen and oxygen atoms in total. The van der Waals surface area contributed by atoms with E-state index in [4.69, 9.17) is 0 Å². The average Bonchev–Trinajstić information content (AvgIpc) is 2.67. The van der Waals surface area contributed by atoms with Gasteiger partial charge in [-0.3, -0.25) is 10.1 Å². The van der Waals surface area contributed by atoms with Gasteiger partial charge in [-0.1, -0.05) is 6.92 Å². The molecule has 1 aromatic carbocycles. The normalized spacial score (nSPS) is 23.1. The molecule has 1 aliphatic heterocycles. The minimum Gasteiger partial charge on any atom is -0.373 e. The van der Waals surface area contributed by atoms with E-state index in [1.54, 1.807) is 11.8 Å². The Morgan fingerprint density at radius 1 is 1.50 bits per heavy atom. The van der Waals surface area contributed by atoms with E-state index in [2.05, 4.69) is 5.32 Å². The summed E-state index contributed by atoms with van der Waals surface area (Å²) in [4.78, 5) is 10.0. The Hall–Kier alpha value is -1.37. The molecule has 0 aromatic heterocycles. The second kappa shape index (κ2) is 5.09. The number of nitro groups is 1. The number of thioether (sulfide) groups is 1. The molecule has 0 bridgehead atoms. The summed E-state index contributed by atoms with van der Waals surface area (Å²) in [5, 5.41) is 13.9. The van der Waals surface area contributed by atoms with Gasteiger partial charge in [0.1, 0.15) is 11.5 Å². The molecule has 7 heteroatoms. The van der Waals surface area contributed by atoms with Crippen molar-refractivity contribution >= 4 is 23.1 Å². The van der Waals surface area contributed by atoms with Gasteiger partial charge in [0.25, 0.3) is 5.69 Å². The Labute approximate surface area is 107 Å². The van der Waals surface area contributed by atoms with Crippen molar-refractivity contribution < 1.29 is 13.7 Å². The second-order valence-corrected chi connectivity index (χ2v) is 5.64. The van der Waals surface area contributed by atoms with Crippen molar-refractivity contribution in [3.05, 3.63) is 33.9 Å². The number of rotatable bonds is 3. The molecule has 0 radical (unpaired) electrons. The third kappa shape index (κ3) is 2.55. The van der Waals surface area contributed by atoms with Gasteiger partial charge in [-0.15, -0.1) is 0 Å². The van der Waals surface area contributed by atoms with Crippen LogP contribution in [0.1, 0.15) is 13.3 Å². The van der Waals surface area contributed by atoms with Crippen LogP contribution in [0.3, 0.4) is 0 Å². The maximum atomic E-state index is 13.6. The molecule has 1 saturated heterocycles. The molecule has 0 saturated carbocycles. The number of nitro benzene ring substituents is 1. The van der Waals surface area contributed by atoms with Gasteiger partial charge in [0.05, 0.1) is 11.0 Å². The average molecular weight is 274 g/mol. The van der Waals surface area contributed by atoms with Crippen molar-refractivity contribution in [2.24, 2.45) is 0 Å². The maximum absolute atomic E-state index is 13.6. The Morgan fingerprint density at radius 2 is 2.22 bits per heavy atom. The van der Waals surface area contributed by atoms with E-state index in [-0.39, 0.29) is 17.0 Å². The van der Waals surface area contributed by atoms with Gasteiger partial charge in [-0.05, 0) is 12.2 Å². The van der Waals surface area contributed by atoms with Gasteiger partial charge in [-0.2, -0.15) is 11.8 Å². The summed E-state index contributed by atoms with van der Waals surface area (Å²) >= 11 is 1.72. The Balaban J connectivity index is 2.33. The van der Waals surface area contributed by atoms with E-state index in [1.807, 2.05) is 6.92 Å². The van der Waals surface area contributed by atoms with Gasteiger partial charge in [0.15, 0.2) is 5.82 Å². The van der Waals surface area contributed by atoms with Crippen molar-refractivity contribution in [2.45, 2.75) is 24.6 Å². The summed E-state index contributed by atoms with van der Waals surface area (Å²) in [5.41, 5.74) is -0.780. The van der Waals surface area contributed by atoms with Gasteiger partial charge in [-0.25, -0.2) is 8.78 Å². The first kappa shape index (κ1) is 13.1. The molecule has 1 aromatic rings. The zero-order valence-electron chi connectivity index (χ0n) is 9.65. The van der Waals surface area contributed by atoms with E-state index in [9.17, 15) is 18.9 Å². The van der Waals surface area contributed by atoms with Crippen molar-refractivity contribution in [1.82, 2.24) is 0 Å². The van der Waals surface area contributed by atoms with Crippen LogP contribution in [0, 0.1) is 21.7 Å². The van der Waals surface area contributed by atoms with Crippen LogP contribution in [0.25, 0.3) is 0 Å². The van der Waals surface area contributed by atoms with Gasteiger partial charge in [0, 0.05) is 17.4 Å². The number of halogens is 2. The molecule has 2 rings (SSSR count). The minimum atomic E-state index is -0.946. The number of hydrogen-bond donors (Lipinski definition) is 1. The van der Waals surface area contributed by atoms with Crippen LogP contribution in [0.5, 0.6) is 0 Å². The first-order valence-electron chi connectivity index (χ1n) is 5.50. The van der Waals surface area contributed by atoms with Crippen LogP contribution in [-0.4, -0.2) is 22.0 Å². The van der Waals surface area contributed by atoms with Crippen LogP contribution < -0.4 is 5.32 Å². The molecule has 0 amide bonds. The van der Waals surface area contributed by atoms with E-state index in [0.717, 1.165) is 18.2 Å². The third-order valence-corrected chi connectivity index (χ3v) is 4.26. The van der Waals surface area contributed by atoms with Crippen LogP contribution in [0.2, 0.25) is 0 Å².